The lowest BCUT2D eigenvalue weighted by atomic mass is 9.88. The average molecular weight is 386 g/mol. The van der Waals surface area contributed by atoms with Gasteiger partial charge in [-0.2, -0.15) is 0 Å². The predicted octanol–water partition coefficient (Wildman–Crippen LogP) is 2.34. The molecule has 0 spiro atoms. The molecular formula is C19H34N2O6. The van der Waals surface area contributed by atoms with Gasteiger partial charge in [0.1, 0.15) is 12.8 Å². The molecule has 1 aliphatic rings. The van der Waals surface area contributed by atoms with Crippen molar-refractivity contribution >= 4 is 18.3 Å². The van der Waals surface area contributed by atoms with E-state index >= 15 is 0 Å². The van der Waals surface area contributed by atoms with Crippen LogP contribution in [-0.4, -0.2) is 66.0 Å². The lowest BCUT2D eigenvalue weighted by molar-refractivity contribution is -0.167. The number of hydrogen-bond donors (Lipinski definition) is 1. The van der Waals surface area contributed by atoms with Crippen molar-refractivity contribution < 1.29 is 29.1 Å². The van der Waals surface area contributed by atoms with Gasteiger partial charge in [0.2, 0.25) is 12.3 Å². The number of rotatable bonds is 12. The second kappa shape index (κ2) is 11.9. The summed E-state index contributed by atoms with van der Waals surface area (Å²) < 4.78 is 10.8. The van der Waals surface area contributed by atoms with E-state index in [2.05, 4.69) is 6.92 Å². The number of hydroxylamine groups is 2. The molecule has 8 heteroatoms. The molecular weight excluding hydrogens is 352 g/mol. The molecule has 1 fully saturated rings. The molecule has 0 aromatic heterocycles. The zero-order valence-corrected chi connectivity index (χ0v) is 16.8. The fourth-order valence-corrected chi connectivity index (χ4v) is 3.09. The molecule has 156 valence electrons. The van der Waals surface area contributed by atoms with Crippen LogP contribution in [0, 0.1) is 5.41 Å². The standard InChI is InChI=1S/C19H34N2O6/c1-4-5-6-7-17(23)20(14-21(25)15-22)13-19(2,3)12-18(24)27-16-8-10-26-11-9-16/h15-16,25H,4-14H2,1-3H3. The Labute approximate surface area is 161 Å². The minimum Gasteiger partial charge on any atom is -0.462 e. The average Bonchev–Trinajstić information content (AvgIpc) is 2.61. The molecule has 2 amide bonds. The smallest absolute Gasteiger partial charge is 0.306 e. The van der Waals surface area contributed by atoms with E-state index in [0.717, 1.165) is 19.3 Å². The molecule has 0 aromatic carbocycles. The second-order valence-electron chi connectivity index (χ2n) is 7.88. The zero-order chi connectivity index (χ0) is 20.3. The molecule has 0 atom stereocenters. The van der Waals surface area contributed by atoms with Crippen LogP contribution in [0.15, 0.2) is 0 Å². The van der Waals surface area contributed by atoms with Gasteiger partial charge in [0.25, 0.3) is 0 Å². The Morgan fingerprint density at radius 2 is 1.93 bits per heavy atom. The van der Waals surface area contributed by atoms with Gasteiger partial charge in [-0.25, -0.2) is 5.06 Å². The van der Waals surface area contributed by atoms with Crippen molar-refractivity contribution in [2.45, 2.75) is 71.8 Å². The first-order valence-electron chi connectivity index (χ1n) is 9.73. The van der Waals surface area contributed by atoms with Crippen molar-refractivity contribution in [1.82, 2.24) is 9.96 Å². The van der Waals surface area contributed by atoms with E-state index in [-0.39, 0.29) is 44.0 Å². The highest BCUT2D eigenvalue weighted by molar-refractivity contribution is 5.76. The second-order valence-corrected chi connectivity index (χ2v) is 7.88. The fourth-order valence-electron chi connectivity index (χ4n) is 3.09. The van der Waals surface area contributed by atoms with E-state index < -0.39 is 5.41 Å². The summed E-state index contributed by atoms with van der Waals surface area (Å²) in [5, 5.41) is 9.95. The van der Waals surface area contributed by atoms with Crippen LogP contribution in [0.5, 0.6) is 0 Å². The maximum absolute atomic E-state index is 12.5. The normalized spacial score (nSPS) is 15.3. The lowest BCUT2D eigenvalue weighted by Crippen LogP contribution is -2.45. The SMILES string of the molecule is CCCCCC(=O)N(CN(O)C=O)CC(C)(C)CC(=O)OC1CCOCC1. The van der Waals surface area contributed by atoms with E-state index in [9.17, 15) is 19.6 Å². The Bertz CT molecular complexity index is 477. The van der Waals surface area contributed by atoms with Crippen molar-refractivity contribution in [2.24, 2.45) is 5.41 Å². The van der Waals surface area contributed by atoms with Gasteiger partial charge in [0.15, 0.2) is 0 Å². The number of hydrogen-bond acceptors (Lipinski definition) is 6. The molecule has 0 radical (unpaired) electrons. The molecule has 0 saturated carbocycles. The van der Waals surface area contributed by atoms with E-state index in [4.69, 9.17) is 9.47 Å². The number of ether oxygens (including phenoxy) is 2. The molecule has 0 aromatic rings. The summed E-state index contributed by atoms with van der Waals surface area (Å²) in [6.45, 7) is 7.01. The van der Waals surface area contributed by atoms with Crippen LogP contribution in [0.4, 0.5) is 0 Å². The van der Waals surface area contributed by atoms with Crippen LogP contribution >= 0.6 is 0 Å². The third-order valence-corrected chi connectivity index (χ3v) is 4.49. The number of carbonyl (C=O) groups excluding carboxylic acids is 3. The van der Waals surface area contributed by atoms with Crippen molar-refractivity contribution in [3.05, 3.63) is 0 Å². The van der Waals surface area contributed by atoms with E-state index in [1.54, 1.807) is 0 Å². The summed E-state index contributed by atoms with van der Waals surface area (Å²) in [6.07, 6.45) is 4.74. The maximum Gasteiger partial charge on any atom is 0.306 e. The predicted molar refractivity (Wildman–Crippen MR) is 98.7 cm³/mol. The van der Waals surface area contributed by atoms with Crippen LogP contribution in [-0.2, 0) is 23.9 Å². The number of unbranched alkanes of at least 4 members (excludes halogenated alkanes) is 2. The summed E-state index contributed by atoms with van der Waals surface area (Å²) in [5.74, 6) is -0.447. The van der Waals surface area contributed by atoms with Crippen molar-refractivity contribution in [3.8, 4) is 0 Å². The minimum atomic E-state index is -0.549. The Hall–Kier alpha value is -1.67. The Balaban J connectivity index is 2.61. The van der Waals surface area contributed by atoms with Crippen LogP contribution in [0.1, 0.15) is 65.7 Å². The highest BCUT2D eigenvalue weighted by Crippen LogP contribution is 2.25. The lowest BCUT2D eigenvalue weighted by Gasteiger charge is -2.33. The first kappa shape index (κ1) is 23.4. The first-order valence-corrected chi connectivity index (χ1v) is 9.73. The van der Waals surface area contributed by atoms with E-state index in [0.29, 0.717) is 37.5 Å². The molecule has 0 unspecified atom stereocenters. The Kier molecular flexibility index (Phi) is 10.3. The molecule has 0 aliphatic carbocycles. The minimum absolute atomic E-state index is 0.114. The molecule has 1 heterocycles. The third kappa shape index (κ3) is 9.72. The summed E-state index contributed by atoms with van der Waals surface area (Å²) in [5.41, 5.74) is -0.549. The number of amides is 2. The van der Waals surface area contributed by atoms with Crippen molar-refractivity contribution in [3.63, 3.8) is 0 Å². The Morgan fingerprint density at radius 3 is 2.52 bits per heavy atom. The van der Waals surface area contributed by atoms with Crippen molar-refractivity contribution in [2.75, 3.05) is 26.4 Å². The van der Waals surface area contributed by atoms with Crippen LogP contribution < -0.4 is 0 Å². The Morgan fingerprint density at radius 1 is 1.26 bits per heavy atom. The summed E-state index contributed by atoms with van der Waals surface area (Å²) in [7, 11) is 0. The van der Waals surface area contributed by atoms with Gasteiger partial charge in [-0.1, -0.05) is 33.6 Å². The fraction of sp³-hybridized carbons (Fsp3) is 0.842. The van der Waals surface area contributed by atoms with Gasteiger partial charge in [-0.15, -0.1) is 0 Å². The van der Waals surface area contributed by atoms with Crippen LogP contribution in [0.25, 0.3) is 0 Å². The third-order valence-electron chi connectivity index (χ3n) is 4.49. The van der Waals surface area contributed by atoms with Gasteiger partial charge in [-0.3, -0.25) is 19.6 Å². The molecule has 1 rings (SSSR count). The summed E-state index contributed by atoms with van der Waals surface area (Å²) >= 11 is 0. The van der Waals surface area contributed by atoms with Gasteiger partial charge < -0.3 is 14.4 Å². The highest BCUT2D eigenvalue weighted by Gasteiger charge is 2.30. The summed E-state index contributed by atoms with van der Waals surface area (Å²) in [4.78, 5) is 36.9. The van der Waals surface area contributed by atoms with Gasteiger partial charge in [-0.05, 0) is 11.8 Å². The zero-order valence-electron chi connectivity index (χ0n) is 16.8. The molecule has 0 bridgehead atoms. The van der Waals surface area contributed by atoms with Crippen molar-refractivity contribution in [1.29, 1.82) is 0 Å². The van der Waals surface area contributed by atoms with E-state index in [1.807, 2.05) is 13.8 Å². The monoisotopic (exact) mass is 386 g/mol. The molecule has 27 heavy (non-hydrogen) atoms. The van der Waals surface area contributed by atoms with Gasteiger partial charge in [0.05, 0.1) is 19.6 Å². The quantitative estimate of drug-likeness (QED) is 0.138. The largest absolute Gasteiger partial charge is 0.462 e. The van der Waals surface area contributed by atoms with Gasteiger partial charge in [0, 0.05) is 25.8 Å². The first-order chi connectivity index (χ1) is 12.8. The van der Waals surface area contributed by atoms with E-state index in [1.165, 1.54) is 4.90 Å². The molecule has 1 saturated heterocycles. The molecule has 1 N–H and O–H groups in total. The number of nitrogens with zero attached hydrogens (tertiary/aromatic N) is 2. The number of esters is 1. The topological polar surface area (TPSA) is 96.4 Å². The molecule has 8 nitrogen and oxygen atoms in total. The van der Waals surface area contributed by atoms with Crippen LogP contribution in [0.2, 0.25) is 0 Å². The van der Waals surface area contributed by atoms with Gasteiger partial charge >= 0.3 is 5.97 Å². The maximum atomic E-state index is 12.5. The summed E-state index contributed by atoms with van der Waals surface area (Å²) in [6, 6.07) is 0. The highest BCUT2D eigenvalue weighted by atomic mass is 16.6. The molecule has 1 aliphatic heterocycles. The number of carbonyl (C=O) groups is 3. The van der Waals surface area contributed by atoms with Crippen LogP contribution in [0.3, 0.4) is 0 Å².